The molecule has 0 radical (unpaired) electrons. The maximum Gasteiger partial charge on any atom is 0.271 e. The fraction of sp³-hybridized carbons (Fsp3) is 0.857. The predicted octanol–water partition coefficient (Wildman–Crippen LogP) is 1.79. The molecule has 3 aliphatic heterocycles. The van der Waals surface area contributed by atoms with Crippen molar-refractivity contribution in [2.75, 3.05) is 26.4 Å². The van der Waals surface area contributed by atoms with Crippen molar-refractivity contribution in [2.45, 2.75) is 39.8 Å². The third-order valence-electron chi connectivity index (χ3n) is 3.53. The second-order valence-corrected chi connectivity index (χ2v) is 6.30. The van der Waals surface area contributed by atoms with E-state index in [9.17, 15) is 0 Å². The fourth-order valence-corrected chi connectivity index (χ4v) is 2.34. The van der Waals surface area contributed by atoms with Crippen LogP contribution < -0.4 is 0 Å². The van der Waals surface area contributed by atoms with Crippen LogP contribution in [0.4, 0.5) is 0 Å². The van der Waals surface area contributed by atoms with Crippen LogP contribution in [0.3, 0.4) is 0 Å². The second-order valence-electron chi connectivity index (χ2n) is 6.30. The van der Waals surface area contributed by atoms with Gasteiger partial charge < -0.3 is 18.9 Å². The fourth-order valence-electron chi connectivity index (χ4n) is 2.34. The van der Waals surface area contributed by atoms with Gasteiger partial charge in [-0.15, -0.1) is 6.42 Å². The lowest BCUT2D eigenvalue weighted by atomic mass is 9.76. The maximum absolute atomic E-state index is 5.80. The maximum atomic E-state index is 5.80. The molecule has 4 nitrogen and oxygen atoms in total. The summed E-state index contributed by atoms with van der Waals surface area (Å²) in [5.41, 5.74) is -0.0683. The van der Waals surface area contributed by atoms with Gasteiger partial charge in [0, 0.05) is 5.41 Å². The number of rotatable bonds is 4. The summed E-state index contributed by atoms with van der Waals surface area (Å²) in [6, 6.07) is 0. The van der Waals surface area contributed by atoms with Crippen LogP contribution in [0, 0.1) is 23.2 Å². The average molecular weight is 254 g/mol. The SMILES string of the molecule is C#CCOC(CC12COC(OC1)OC2)C(C)(C)C. The summed E-state index contributed by atoms with van der Waals surface area (Å²) in [6.07, 6.45) is 6.18. The van der Waals surface area contributed by atoms with Gasteiger partial charge in [0.2, 0.25) is 0 Å². The van der Waals surface area contributed by atoms with E-state index in [1.807, 2.05) is 0 Å². The van der Waals surface area contributed by atoms with Crippen LogP contribution in [0.15, 0.2) is 0 Å². The zero-order valence-electron chi connectivity index (χ0n) is 11.4. The molecular formula is C14H22O4. The van der Waals surface area contributed by atoms with Crippen LogP contribution in [-0.4, -0.2) is 39.0 Å². The molecule has 3 aliphatic rings. The normalized spacial score (nSPS) is 33.1. The van der Waals surface area contributed by atoms with Crippen molar-refractivity contribution in [3.63, 3.8) is 0 Å². The minimum atomic E-state index is -0.466. The van der Waals surface area contributed by atoms with E-state index in [0.717, 1.165) is 6.42 Å². The minimum Gasteiger partial charge on any atom is -0.365 e. The lowest BCUT2D eigenvalue weighted by Gasteiger charge is -2.48. The molecule has 0 aliphatic carbocycles. The van der Waals surface area contributed by atoms with Gasteiger partial charge in [-0.3, -0.25) is 0 Å². The molecule has 1 atom stereocenters. The van der Waals surface area contributed by atoms with E-state index in [1.54, 1.807) is 0 Å². The van der Waals surface area contributed by atoms with E-state index in [1.165, 1.54) is 0 Å². The van der Waals surface area contributed by atoms with Gasteiger partial charge in [-0.2, -0.15) is 0 Å². The van der Waals surface area contributed by atoms with Gasteiger partial charge in [0.1, 0.15) is 6.61 Å². The molecular weight excluding hydrogens is 232 g/mol. The van der Waals surface area contributed by atoms with Gasteiger partial charge in [0.15, 0.2) is 0 Å². The van der Waals surface area contributed by atoms with Gasteiger partial charge in [-0.25, -0.2) is 0 Å². The highest BCUT2D eigenvalue weighted by atomic mass is 16.9. The van der Waals surface area contributed by atoms with E-state index in [2.05, 4.69) is 26.7 Å². The zero-order chi connectivity index (χ0) is 13.2. The van der Waals surface area contributed by atoms with Crippen LogP contribution in [0.25, 0.3) is 0 Å². The summed E-state index contributed by atoms with van der Waals surface area (Å²) < 4.78 is 22.2. The molecule has 2 bridgehead atoms. The summed E-state index contributed by atoms with van der Waals surface area (Å²) >= 11 is 0. The van der Waals surface area contributed by atoms with Crippen molar-refractivity contribution in [3.05, 3.63) is 0 Å². The van der Waals surface area contributed by atoms with E-state index < -0.39 is 6.48 Å². The number of hydrogen-bond donors (Lipinski definition) is 0. The Morgan fingerprint density at radius 1 is 1.28 bits per heavy atom. The zero-order valence-corrected chi connectivity index (χ0v) is 11.4. The molecule has 3 rings (SSSR count). The van der Waals surface area contributed by atoms with Crippen LogP contribution >= 0.6 is 0 Å². The Balaban J connectivity index is 2.01. The first-order valence-corrected chi connectivity index (χ1v) is 6.35. The molecule has 0 aromatic rings. The van der Waals surface area contributed by atoms with Gasteiger partial charge in [0.05, 0.1) is 25.9 Å². The van der Waals surface area contributed by atoms with Crippen LogP contribution in [-0.2, 0) is 18.9 Å². The van der Waals surface area contributed by atoms with Crippen LogP contribution in [0.1, 0.15) is 27.2 Å². The lowest BCUT2D eigenvalue weighted by molar-refractivity contribution is -0.398. The third kappa shape index (κ3) is 3.04. The highest BCUT2D eigenvalue weighted by Gasteiger charge is 2.46. The Bertz CT molecular complexity index is 304. The number of ether oxygens (including phenoxy) is 4. The quantitative estimate of drug-likeness (QED) is 0.717. The summed E-state index contributed by atoms with van der Waals surface area (Å²) in [4.78, 5) is 0. The predicted molar refractivity (Wildman–Crippen MR) is 66.7 cm³/mol. The van der Waals surface area contributed by atoms with E-state index in [0.29, 0.717) is 26.4 Å². The highest BCUT2D eigenvalue weighted by molar-refractivity contribution is 4.92. The van der Waals surface area contributed by atoms with Crippen molar-refractivity contribution in [1.29, 1.82) is 0 Å². The number of fused-ring (bicyclic) bond motifs is 3. The molecule has 0 aromatic heterocycles. The first kappa shape index (κ1) is 13.8. The summed E-state index contributed by atoms with van der Waals surface area (Å²) in [5, 5.41) is 0. The standard InChI is InChI=1S/C14H22O4/c1-5-6-15-11(13(2,3)4)7-14-8-16-12(17-9-14)18-10-14/h1,11-12H,6-10H2,2-4H3. The van der Waals surface area contributed by atoms with Crippen molar-refractivity contribution in [3.8, 4) is 12.3 Å². The molecule has 3 heterocycles. The molecule has 3 saturated heterocycles. The number of terminal acetylenes is 1. The van der Waals surface area contributed by atoms with Crippen LogP contribution in [0.2, 0.25) is 0 Å². The Hall–Kier alpha value is -0.600. The first-order chi connectivity index (χ1) is 8.45. The molecule has 3 fully saturated rings. The molecule has 0 aromatic carbocycles. The highest BCUT2D eigenvalue weighted by Crippen LogP contribution is 2.40. The minimum absolute atomic E-state index is 0.0277. The van der Waals surface area contributed by atoms with Crippen molar-refractivity contribution in [1.82, 2.24) is 0 Å². The summed E-state index contributed by atoms with van der Waals surface area (Å²) in [5.74, 6) is 2.53. The molecule has 18 heavy (non-hydrogen) atoms. The van der Waals surface area contributed by atoms with E-state index in [-0.39, 0.29) is 16.9 Å². The smallest absolute Gasteiger partial charge is 0.271 e. The Morgan fingerprint density at radius 3 is 2.28 bits per heavy atom. The van der Waals surface area contributed by atoms with Gasteiger partial charge in [0.25, 0.3) is 6.48 Å². The Kier molecular flexibility index (Phi) is 3.98. The molecule has 0 amide bonds. The molecule has 4 heteroatoms. The molecule has 0 spiro atoms. The first-order valence-electron chi connectivity index (χ1n) is 6.35. The number of hydrogen-bond acceptors (Lipinski definition) is 4. The molecule has 102 valence electrons. The molecule has 1 unspecified atom stereocenters. The monoisotopic (exact) mass is 254 g/mol. The third-order valence-corrected chi connectivity index (χ3v) is 3.53. The van der Waals surface area contributed by atoms with E-state index >= 15 is 0 Å². The molecule has 0 N–H and O–H groups in total. The van der Waals surface area contributed by atoms with Crippen molar-refractivity contribution >= 4 is 0 Å². The molecule has 0 saturated carbocycles. The largest absolute Gasteiger partial charge is 0.365 e. The van der Waals surface area contributed by atoms with E-state index in [4.69, 9.17) is 25.4 Å². The second kappa shape index (κ2) is 5.18. The lowest BCUT2D eigenvalue weighted by Crippen LogP contribution is -2.54. The van der Waals surface area contributed by atoms with Gasteiger partial charge in [-0.05, 0) is 11.8 Å². The van der Waals surface area contributed by atoms with Gasteiger partial charge in [-0.1, -0.05) is 26.7 Å². The van der Waals surface area contributed by atoms with Crippen LogP contribution in [0.5, 0.6) is 0 Å². The Labute approximate surface area is 109 Å². The average Bonchev–Trinajstić information content (AvgIpc) is 2.35. The topological polar surface area (TPSA) is 36.9 Å². The Morgan fingerprint density at radius 2 is 1.83 bits per heavy atom. The van der Waals surface area contributed by atoms with Gasteiger partial charge >= 0.3 is 0 Å². The van der Waals surface area contributed by atoms with Crippen molar-refractivity contribution in [2.24, 2.45) is 10.8 Å². The van der Waals surface area contributed by atoms with Crippen molar-refractivity contribution < 1.29 is 18.9 Å². The summed E-state index contributed by atoms with van der Waals surface area (Å²) in [7, 11) is 0. The summed E-state index contributed by atoms with van der Waals surface area (Å²) in [6.45, 7) is 8.35.